The molecular weight excluding hydrogens is 330 g/mol. The third-order valence-electron chi connectivity index (χ3n) is 5.49. The van der Waals surface area contributed by atoms with Gasteiger partial charge in [-0.15, -0.1) is 12.4 Å². The van der Waals surface area contributed by atoms with Crippen molar-refractivity contribution < 1.29 is 14.3 Å². The number of hydrogen-bond donors (Lipinski definition) is 3. The summed E-state index contributed by atoms with van der Waals surface area (Å²) in [5.74, 6) is -0.0940. The lowest BCUT2D eigenvalue weighted by atomic mass is 9.71. The molecule has 0 radical (unpaired) electrons. The van der Waals surface area contributed by atoms with E-state index in [1.165, 1.54) is 6.42 Å². The van der Waals surface area contributed by atoms with Gasteiger partial charge >= 0.3 is 0 Å². The van der Waals surface area contributed by atoms with E-state index in [9.17, 15) is 9.59 Å². The Hall–Kier alpha value is -0.850. The number of halogens is 1. The normalized spacial score (nSPS) is 22.2. The second-order valence-corrected chi connectivity index (χ2v) is 7.24. The molecule has 1 aliphatic heterocycles. The minimum absolute atomic E-state index is 0. The minimum Gasteiger partial charge on any atom is -0.381 e. The molecule has 0 aromatic rings. The highest BCUT2D eigenvalue weighted by molar-refractivity contribution is 5.85. The van der Waals surface area contributed by atoms with Crippen molar-refractivity contribution in [2.24, 2.45) is 22.8 Å². The molecule has 1 aliphatic carbocycles. The number of nitrogens with two attached hydrogens (primary N) is 2. The summed E-state index contributed by atoms with van der Waals surface area (Å²) < 4.78 is 5.37. The molecule has 0 spiro atoms. The lowest BCUT2D eigenvalue weighted by Crippen LogP contribution is -2.47. The van der Waals surface area contributed by atoms with E-state index in [0.29, 0.717) is 26.2 Å². The Kier molecular flexibility index (Phi) is 9.02. The highest BCUT2D eigenvalue weighted by atomic mass is 35.5. The molecule has 1 atom stereocenters. The molecule has 140 valence electrons. The fraction of sp³-hybridized carbons (Fsp3) is 0.882. The van der Waals surface area contributed by atoms with Crippen LogP contribution < -0.4 is 16.8 Å². The number of carbonyl (C=O) groups is 2. The van der Waals surface area contributed by atoms with Crippen molar-refractivity contribution in [1.82, 2.24) is 5.32 Å². The highest BCUT2D eigenvalue weighted by Gasteiger charge is 2.34. The zero-order valence-corrected chi connectivity index (χ0v) is 15.2. The van der Waals surface area contributed by atoms with Crippen molar-refractivity contribution in [1.29, 1.82) is 0 Å². The van der Waals surface area contributed by atoms with Crippen LogP contribution in [0.5, 0.6) is 0 Å². The molecule has 0 bridgehead atoms. The minimum atomic E-state index is -0.368. The Labute approximate surface area is 150 Å². The molecule has 2 amide bonds. The fourth-order valence-corrected chi connectivity index (χ4v) is 4.02. The third kappa shape index (κ3) is 6.22. The van der Waals surface area contributed by atoms with Gasteiger partial charge in [0.25, 0.3) is 0 Å². The second-order valence-electron chi connectivity index (χ2n) is 7.24. The average molecular weight is 362 g/mol. The van der Waals surface area contributed by atoms with Gasteiger partial charge in [0.05, 0.1) is 0 Å². The van der Waals surface area contributed by atoms with Crippen molar-refractivity contribution in [2.45, 2.75) is 63.8 Å². The van der Waals surface area contributed by atoms with E-state index >= 15 is 0 Å². The van der Waals surface area contributed by atoms with E-state index in [2.05, 4.69) is 5.32 Å². The molecular formula is C17H32ClN3O3. The fourth-order valence-electron chi connectivity index (χ4n) is 4.02. The first-order valence-electron chi connectivity index (χ1n) is 8.90. The second kappa shape index (κ2) is 10.2. The Morgan fingerprint density at radius 3 is 2.33 bits per heavy atom. The van der Waals surface area contributed by atoms with E-state index < -0.39 is 0 Å². The van der Waals surface area contributed by atoms with E-state index in [1.54, 1.807) is 0 Å². The van der Waals surface area contributed by atoms with Crippen LogP contribution in [0.2, 0.25) is 0 Å². The molecule has 1 saturated heterocycles. The largest absolute Gasteiger partial charge is 0.381 e. The van der Waals surface area contributed by atoms with Gasteiger partial charge in [0.15, 0.2) is 0 Å². The standard InChI is InChI=1S/C17H31N3O3.ClH/c18-12-17(6-2-1-3-7-17)11-16(22)20-14(10-15(19)21)13-4-8-23-9-5-13;/h13-14H,1-12,18H2,(H2,19,21)(H,20,22);1H. The van der Waals surface area contributed by atoms with Gasteiger partial charge in [-0.25, -0.2) is 0 Å². The lowest BCUT2D eigenvalue weighted by molar-refractivity contribution is -0.126. The number of carbonyl (C=O) groups excluding carboxylic acids is 2. The van der Waals surface area contributed by atoms with E-state index in [-0.39, 0.29) is 48.0 Å². The summed E-state index contributed by atoms with van der Waals surface area (Å²) in [6.07, 6.45) is 7.96. The van der Waals surface area contributed by atoms with Crippen LogP contribution in [-0.2, 0) is 14.3 Å². The van der Waals surface area contributed by atoms with Crippen molar-refractivity contribution in [2.75, 3.05) is 19.8 Å². The molecule has 1 unspecified atom stereocenters. The number of hydrogen-bond acceptors (Lipinski definition) is 4. The molecule has 2 aliphatic rings. The smallest absolute Gasteiger partial charge is 0.220 e. The average Bonchev–Trinajstić information content (AvgIpc) is 2.55. The maximum Gasteiger partial charge on any atom is 0.220 e. The summed E-state index contributed by atoms with van der Waals surface area (Å²) in [5.41, 5.74) is 11.3. The summed E-state index contributed by atoms with van der Waals surface area (Å²) in [6.45, 7) is 1.92. The van der Waals surface area contributed by atoms with Crippen LogP contribution in [0.15, 0.2) is 0 Å². The van der Waals surface area contributed by atoms with Crippen LogP contribution >= 0.6 is 12.4 Å². The Balaban J connectivity index is 0.00000288. The SMILES string of the molecule is Cl.NCC1(CC(=O)NC(CC(N)=O)C2CCOCC2)CCCCC1. The van der Waals surface area contributed by atoms with Crippen LogP contribution in [0.25, 0.3) is 0 Å². The summed E-state index contributed by atoms with van der Waals surface area (Å²) in [4.78, 5) is 23.9. The maximum absolute atomic E-state index is 12.6. The predicted molar refractivity (Wildman–Crippen MR) is 95.7 cm³/mol. The van der Waals surface area contributed by atoms with Gasteiger partial charge in [0.2, 0.25) is 11.8 Å². The zero-order valence-electron chi connectivity index (χ0n) is 14.4. The van der Waals surface area contributed by atoms with Crippen LogP contribution in [0.1, 0.15) is 57.8 Å². The van der Waals surface area contributed by atoms with Crippen LogP contribution in [0.3, 0.4) is 0 Å². The van der Waals surface area contributed by atoms with Gasteiger partial charge in [-0.2, -0.15) is 0 Å². The summed E-state index contributed by atoms with van der Waals surface area (Å²) in [7, 11) is 0. The van der Waals surface area contributed by atoms with Gasteiger partial charge < -0.3 is 21.5 Å². The molecule has 24 heavy (non-hydrogen) atoms. The molecule has 7 heteroatoms. The Morgan fingerprint density at radius 2 is 1.79 bits per heavy atom. The third-order valence-corrected chi connectivity index (χ3v) is 5.49. The first-order chi connectivity index (χ1) is 11.0. The van der Waals surface area contributed by atoms with Gasteiger partial charge in [0.1, 0.15) is 0 Å². The Morgan fingerprint density at radius 1 is 1.17 bits per heavy atom. The zero-order chi connectivity index (χ0) is 16.7. The molecule has 6 nitrogen and oxygen atoms in total. The number of rotatable bonds is 7. The lowest BCUT2D eigenvalue weighted by Gasteiger charge is -2.37. The summed E-state index contributed by atoms with van der Waals surface area (Å²) >= 11 is 0. The quantitative estimate of drug-likeness (QED) is 0.638. The van der Waals surface area contributed by atoms with E-state index in [4.69, 9.17) is 16.2 Å². The van der Waals surface area contributed by atoms with Crippen LogP contribution in [0, 0.1) is 11.3 Å². The maximum atomic E-state index is 12.6. The number of primary amides is 1. The number of amides is 2. The van der Waals surface area contributed by atoms with Crippen molar-refractivity contribution in [3.8, 4) is 0 Å². The summed E-state index contributed by atoms with van der Waals surface area (Å²) in [6, 6.07) is -0.178. The molecule has 1 heterocycles. The van der Waals surface area contributed by atoms with E-state index in [0.717, 1.165) is 38.5 Å². The molecule has 5 N–H and O–H groups in total. The van der Waals surface area contributed by atoms with Gasteiger partial charge in [-0.3, -0.25) is 9.59 Å². The number of nitrogens with one attached hydrogen (secondary N) is 1. The van der Waals surface area contributed by atoms with Crippen LogP contribution in [-0.4, -0.2) is 37.6 Å². The molecule has 2 fully saturated rings. The molecule has 0 aromatic heterocycles. The number of ether oxygens (including phenoxy) is 1. The highest BCUT2D eigenvalue weighted by Crippen LogP contribution is 2.38. The van der Waals surface area contributed by atoms with Gasteiger partial charge in [-0.05, 0) is 43.6 Å². The molecule has 0 aromatic carbocycles. The van der Waals surface area contributed by atoms with Crippen molar-refractivity contribution in [3.63, 3.8) is 0 Å². The predicted octanol–water partition coefficient (Wildman–Crippen LogP) is 1.49. The first-order valence-corrected chi connectivity index (χ1v) is 8.90. The first kappa shape index (κ1) is 21.2. The van der Waals surface area contributed by atoms with E-state index in [1.807, 2.05) is 0 Å². The molecule has 1 saturated carbocycles. The topological polar surface area (TPSA) is 107 Å². The van der Waals surface area contributed by atoms with Crippen molar-refractivity contribution in [3.05, 3.63) is 0 Å². The summed E-state index contributed by atoms with van der Waals surface area (Å²) in [5, 5.41) is 3.07. The van der Waals surface area contributed by atoms with Crippen LogP contribution in [0.4, 0.5) is 0 Å². The van der Waals surface area contributed by atoms with Gasteiger partial charge in [0, 0.05) is 32.1 Å². The van der Waals surface area contributed by atoms with Gasteiger partial charge in [-0.1, -0.05) is 19.3 Å². The van der Waals surface area contributed by atoms with Crippen molar-refractivity contribution >= 4 is 24.2 Å². The monoisotopic (exact) mass is 361 g/mol. The molecule has 2 rings (SSSR count). The Bertz CT molecular complexity index is 408.